The first-order chi connectivity index (χ1) is 12.2. The van der Waals surface area contributed by atoms with Gasteiger partial charge in [-0.25, -0.2) is 22.4 Å². The standard InChI is InChI=1S/C15H4Cl2F5NO2S/c16-8-4-5-3-6(1-2-7(5)15(17)23-8)26(24)25-14-12(21)10(19)9(18)11(20)13(14)22/h1-4H. The molecule has 0 spiro atoms. The Balaban J connectivity index is 2.03. The minimum absolute atomic E-state index is 0.0334. The molecule has 11 heteroatoms. The van der Waals surface area contributed by atoms with Gasteiger partial charge in [-0.3, -0.25) is 0 Å². The van der Waals surface area contributed by atoms with E-state index in [-0.39, 0.29) is 15.2 Å². The van der Waals surface area contributed by atoms with E-state index in [9.17, 15) is 26.2 Å². The molecule has 136 valence electrons. The van der Waals surface area contributed by atoms with Gasteiger partial charge >= 0.3 is 0 Å². The fraction of sp³-hybridized carbons (Fsp3) is 0. The summed E-state index contributed by atoms with van der Waals surface area (Å²) in [5, 5.41) is 0.909. The monoisotopic (exact) mass is 427 g/mol. The normalized spacial score (nSPS) is 12.4. The molecule has 0 aliphatic carbocycles. The van der Waals surface area contributed by atoms with Crippen LogP contribution in [0.2, 0.25) is 10.3 Å². The first-order valence-electron chi connectivity index (χ1n) is 6.58. The second kappa shape index (κ2) is 6.98. The zero-order chi connectivity index (χ0) is 19.2. The lowest BCUT2D eigenvalue weighted by molar-refractivity contribution is 0.352. The van der Waals surface area contributed by atoms with Crippen LogP contribution >= 0.6 is 23.2 Å². The molecular formula is C15H4Cl2F5NO2S. The van der Waals surface area contributed by atoms with Crippen molar-refractivity contribution in [1.29, 1.82) is 0 Å². The van der Waals surface area contributed by atoms with Crippen molar-refractivity contribution in [3.05, 3.63) is 63.7 Å². The van der Waals surface area contributed by atoms with Crippen LogP contribution < -0.4 is 4.18 Å². The van der Waals surface area contributed by atoms with Crippen LogP contribution in [0.1, 0.15) is 0 Å². The van der Waals surface area contributed by atoms with Crippen molar-refractivity contribution in [3.63, 3.8) is 0 Å². The summed E-state index contributed by atoms with van der Waals surface area (Å²) in [4.78, 5) is 3.68. The molecule has 3 aromatic rings. The number of benzene rings is 2. The lowest BCUT2D eigenvalue weighted by Crippen LogP contribution is -2.09. The average molecular weight is 428 g/mol. The number of hydrogen-bond donors (Lipinski definition) is 0. The highest BCUT2D eigenvalue weighted by Crippen LogP contribution is 2.31. The van der Waals surface area contributed by atoms with Gasteiger partial charge in [0.2, 0.25) is 45.9 Å². The van der Waals surface area contributed by atoms with Crippen molar-refractivity contribution in [1.82, 2.24) is 4.98 Å². The molecule has 0 bridgehead atoms. The Morgan fingerprint density at radius 2 is 1.46 bits per heavy atom. The number of nitrogens with zero attached hydrogens (tertiary/aromatic N) is 1. The maximum absolute atomic E-state index is 13.6. The molecule has 3 nitrogen and oxygen atoms in total. The Bertz CT molecular complexity index is 1050. The summed E-state index contributed by atoms with van der Waals surface area (Å²) >= 11 is 9.06. The zero-order valence-electron chi connectivity index (χ0n) is 12.1. The smallest absolute Gasteiger partial charge is 0.240 e. The molecule has 0 saturated heterocycles. The third-order valence-corrected chi connectivity index (χ3v) is 4.68. The van der Waals surface area contributed by atoms with E-state index in [1.807, 2.05) is 0 Å². The molecule has 0 aliphatic rings. The quantitative estimate of drug-likeness (QED) is 0.245. The van der Waals surface area contributed by atoms with Crippen LogP contribution in [0.15, 0.2) is 29.2 Å². The number of pyridine rings is 1. The van der Waals surface area contributed by atoms with E-state index < -0.39 is 45.9 Å². The van der Waals surface area contributed by atoms with Gasteiger partial charge in [-0.05, 0) is 29.7 Å². The molecular weight excluding hydrogens is 424 g/mol. The van der Waals surface area contributed by atoms with Crippen LogP contribution in [0.5, 0.6) is 5.75 Å². The van der Waals surface area contributed by atoms with Gasteiger partial charge in [0.05, 0.1) is 4.90 Å². The molecule has 0 aliphatic heterocycles. The second-order valence-corrected chi connectivity index (χ2v) is 6.69. The lowest BCUT2D eigenvalue weighted by atomic mass is 10.2. The zero-order valence-corrected chi connectivity index (χ0v) is 14.5. The number of fused-ring (bicyclic) bond motifs is 1. The summed E-state index contributed by atoms with van der Waals surface area (Å²) in [5.74, 6) is -12.9. The summed E-state index contributed by atoms with van der Waals surface area (Å²) in [6.45, 7) is 0. The van der Waals surface area contributed by atoms with Gasteiger partial charge in [0.15, 0.2) is 0 Å². The van der Waals surface area contributed by atoms with Crippen LogP contribution in [0.4, 0.5) is 22.0 Å². The van der Waals surface area contributed by atoms with E-state index in [4.69, 9.17) is 23.2 Å². The summed E-state index contributed by atoms with van der Waals surface area (Å²) in [5.41, 5.74) is 0. The minimum atomic E-state index is -2.59. The summed E-state index contributed by atoms with van der Waals surface area (Å²) in [6.07, 6.45) is 0. The van der Waals surface area contributed by atoms with Crippen LogP contribution in [0.3, 0.4) is 0 Å². The molecule has 0 fully saturated rings. The second-order valence-electron chi connectivity index (χ2n) is 4.84. The molecule has 3 rings (SSSR count). The highest BCUT2D eigenvalue weighted by Gasteiger charge is 2.28. The topological polar surface area (TPSA) is 39.2 Å². The van der Waals surface area contributed by atoms with Crippen molar-refractivity contribution in [2.45, 2.75) is 4.90 Å². The van der Waals surface area contributed by atoms with Gasteiger partial charge in [-0.2, -0.15) is 8.78 Å². The molecule has 1 unspecified atom stereocenters. The van der Waals surface area contributed by atoms with E-state index >= 15 is 0 Å². The van der Waals surface area contributed by atoms with E-state index in [0.717, 1.165) is 0 Å². The Hall–Kier alpha value is -1.97. The van der Waals surface area contributed by atoms with Crippen LogP contribution in [-0.2, 0) is 11.1 Å². The third-order valence-electron chi connectivity index (χ3n) is 3.25. The number of hydrogen-bond acceptors (Lipinski definition) is 3. The first kappa shape index (κ1) is 18.8. The lowest BCUT2D eigenvalue weighted by Gasteiger charge is -2.10. The molecule has 2 aromatic carbocycles. The molecule has 1 atom stereocenters. The molecule has 0 radical (unpaired) electrons. The van der Waals surface area contributed by atoms with Gasteiger partial charge < -0.3 is 4.18 Å². The van der Waals surface area contributed by atoms with Crippen molar-refractivity contribution in [2.24, 2.45) is 0 Å². The minimum Gasteiger partial charge on any atom is -0.390 e. The largest absolute Gasteiger partial charge is 0.390 e. The van der Waals surface area contributed by atoms with Gasteiger partial charge in [0, 0.05) is 5.39 Å². The molecule has 1 aromatic heterocycles. The molecule has 1 heterocycles. The maximum Gasteiger partial charge on any atom is 0.240 e. The Labute approximate surface area is 155 Å². The van der Waals surface area contributed by atoms with Crippen LogP contribution in [-0.4, -0.2) is 9.19 Å². The van der Waals surface area contributed by atoms with E-state index in [1.165, 1.54) is 24.3 Å². The maximum atomic E-state index is 13.6. The van der Waals surface area contributed by atoms with Crippen LogP contribution in [0.25, 0.3) is 10.8 Å². The summed E-state index contributed by atoms with van der Waals surface area (Å²) in [7, 11) is 0. The SMILES string of the molecule is O=S(Oc1c(F)c(F)c(F)c(F)c1F)c1ccc2c(Cl)nc(Cl)cc2c1. The molecule has 0 N–H and O–H groups in total. The summed E-state index contributed by atoms with van der Waals surface area (Å²) < 4.78 is 83.3. The van der Waals surface area contributed by atoms with Crippen molar-refractivity contribution >= 4 is 45.1 Å². The van der Waals surface area contributed by atoms with E-state index in [0.29, 0.717) is 10.8 Å². The highest BCUT2D eigenvalue weighted by molar-refractivity contribution is 7.80. The molecule has 0 amide bonds. The van der Waals surface area contributed by atoms with Gasteiger partial charge in [-0.1, -0.05) is 23.2 Å². The van der Waals surface area contributed by atoms with E-state index in [1.54, 1.807) is 0 Å². The van der Waals surface area contributed by atoms with Gasteiger partial charge in [0.25, 0.3) is 0 Å². The van der Waals surface area contributed by atoms with Crippen molar-refractivity contribution in [2.75, 3.05) is 0 Å². The molecule has 0 saturated carbocycles. The number of halogens is 7. The average Bonchev–Trinajstić information content (AvgIpc) is 2.61. The predicted octanol–water partition coefficient (Wildman–Crippen LogP) is 5.34. The number of rotatable bonds is 3. The highest BCUT2D eigenvalue weighted by atomic mass is 35.5. The van der Waals surface area contributed by atoms with Crippen molar-refractivity contribution in [3.8, 4) is 5.75 Å². The Kier molecular flexibility index (Phi) is 5.05. The van der Waals surface area contributed by atoms with Crippen molar-refractivity contribution < 1.29 is 30.3 Å². The fourth-order valence-electron chi connectivity index (χ4n) is 2.05. The van der Waals surface area contributed by atoms with Gasteiger partial charge in [-0.15, -0.1) is 0 Å². The van der Waals surface area contributed by atoms with Gasteiger partial charge in [0.1, 0.15) is 10.3 Å². The Morgan fingerprint density at radius 3 is 2.08 bits per heavy atom. The summed E-state index contributed by atoms with van der Waals surface area (Å²) in [6, 6.07) is 5.25. The fourth-order valence-corrected chi connectivity index (χ4v) is 3.35. The van der Waals surface area contributed by atoms with E-state index in [2.05, 4.69) is 9.17 Å². The Morgan fingerprint density at radius 1 is 0.885 bits per heavy atom. The van der Waals surface area contributed by atoms with Crippen LogP contribution in [0, 0.1) is 29.1 Å². The predicted molar refractivity (Wildman–Crippen MR) is 85.0 cm³/mol. The number of aromatic nitrogens is 1. The first-order valence-corrected chi connectivity index (χ1v) is 8.41. The molecule has 26 heavy (non-hydrogen) atoms. The third kappa shape index (κ3) is 3.22.